The molecule has 1 aliphatic rings. The molecule has 148 valence electrons. The Kier molecular flexibility index (Phi) is 6.73. The summed E-state index contributed by atoms with van der Waals surface area (Å²) in [6.45, 7) is 3.98. The van der Waals surface area contributed by atoms with E-state index < -0.39 is 5.82 Å². The van der Waals surface area contributed by atoms with Gasteiger partial charge in [0.1, 0.15) is 11.2 Å². The number of nitrogens with zero attached hydrogens (tertiary/aromatic N) is 1. The number of aryl methyl sites for hydroxylation is 1. The third-order valence-electron chi connectivity index (χ3n) is 4.69. The van der Waals surface area contributed by atoms with Crippen molar-refractivity contribution in [3.63, 3.8) is 0 Å². The Morgan fingerprint density at radius 2 is 2.07 bits per heavy atom. The van der Waals surface area contributed by atoms with E-state index in [9.17, 15) is 14.0 Å². The van der Waals surface area contributed by atoms with Crippen molar-refractivity contribution >= 4 is 35.0 Å². The van der Waals surface area contributed by atoms with Crippen molar-refractivity contribution in [3.05, 3.63) is 59.4 Å². The Hall–Kier alpha value is -2.34. The van der Waals surface area contributed by atoms with Crippen molar-refractivity contribution in [1.29, 1.82) is 0 Å². The van der Waals surface area contributed by atoms with Crippen LogP contribution in [0.5, 0.6) is 0 Å². The first-order chi connectivity index (χ1) is 13.5. The van der Waals surface area contributed by atoms with Crippen LogP contribution in [-0.4, -0.2) is 17.6 Å². The smallest absolute Gasteiger partial charge is 0.238 e. The SMILES string of the molecule is CCCCCC(=O)Nc1cccc([C@H]2SCC(=O)N2c2cc(C)ccc2F)c1. The molecule has 28 heavy (non-hydrogen) atoms. The van der Waals surface area contributed by atoms with E-state index in [1.807, 2.05) is 31.2 Å². The summed E-state index contributed by atoms with van der Waals surface area (Å²) < 4.78 is 14.4. The summed E-state index contributed by atoms with van der Waals surface area (Å²) in [5.74, 6) is -0.242. The number of thioether (sulfide) groups is 1. The summed E-state index contributed by atoms with van der Waals surface area (Å²) in [7, 11) is 0. The maximum absolute atomic E-state index is 14.4. The average molecular weight is 401 g/mol. The number of hydrogen-bond donors (Lipinski definition) is 1. The van der Waals surface area contributed by atoms with Gasteiger partial charge in [0, 0.05) is 12.1 Å². The zero-order valence-corrected chi connectivity index (χ0v) is 17.0. The fourth-order valence-electron chi connectivity index (χ4n) is 3.27. The summed E-state index contributed by atoms with van der Waals surface area (Å²) in [5, 5.41) is 2.61. The maximum Gasteiger partial charge on any atom is 0.238 e. The molecule has 2 aromatic rings. The van der Waals surface area contributed by atoms with Crippen LogP contribution in [0.3, 0.4) is 0 Å². The molecule has 0 aliphatic carbocycles. The van der Waals surface area contributed by atoms with Gasteiger partial charge in [-0.1, -0.05) is 38.0 Å². The molecule has 4 nitrogen and oxygen atoms in total. The molecule has 2 aromatic carbocycles. The molecule has 0 saturated carbocycles. The largest absolute Gasteiger partial charge is 0.326 e. The second-order valence-electron chi connectivity index (χ2n) is 7.01. The predicted octanol–water partition coefficient (Wildman–Crippen LogP) is 5.43. The molecule has 1 aliphatic heterocycles. The summed E-state index contributed by atoms with van der Waals surface area (Å²) in [6.07, 6.45) is 3.47. The van der Waals surface area contributed by atoms with Crippen molar-refractivity contribution < 1.29 is 14.0 Å². The highest BCUT2D eigenvalue weighted by atomic mass is 32.2. The minimum atomic E-state index is -0.410. The van der Waals surface area contributed by atoms with E-state index >= 15 is 0 Å². The van der Waals surface area contributed by atoms with Gasteiger partial charge in [-0.15, -0.1) is 11.8 Å². The van der Waals surface area contributed by atoms with Crippen LogP contribution in [-0.2, 0) is 9.59 Å². The number of carbonyl (C=O) groups excluding carboxylic acids is 2. The van der Waals surface area contributed by atoms with Gasteiger partial charge in [0.25, 0.3) is 0 Å². The fraction of sp³-hybridized carbons (Fsp3) is 0.364. The van der Waals surface area contributed by atoms with Crippen LogP contribution in [0, 0.1) is 12.7 Å². The van der Waals surface area contributed by atoms with Gasteiger partial charge in [-0.2, -0.15) is 0 Å². The molecule has 0 bridgehead atoms. The Morgan fingerprint density at radius 3 is 2.86 bits per heavy atom. The molecule has 1 fully saturated rings. The van der Waals surface area contributed by atoms with Crippen molar-refractivity contribution in [2.45, 2.75) is 44.9 Å². The number of unbranched alkanes of at least 4 members (excludes halogenated alkanes) is 2. The van der Waals surface area contributed by atoms with Gasteiger partial charge >= 0.3 is 0 Å². The molecule has 1 heterocycles. The molecule has 0 unspecified atom stereocenters. The molecular weight excluding hydrogens is 375 g/mol. The average Bonchev–Trinajstić information content (AvgIpc) is 3.05. The van der Waals surface area contributed by atoms with Gasteiger partial charge in [0.2, 0.25) is 11.8 Å². The summed E-state index contributed by atoms with van der Waals surface area (Å²) in [6, 6.07) is 12.2. The van der Waals surface area contributed by atoms with Crippen molar-refractivity contribution in [2.75, 3.05) is 16.0 Å². The summed E-state index contributed by atoms with van der Waals surface area (Å²) in [4.78, 5) is 26.1. The van der Waals surface area contributed by atoms with Crippen LogP contribution in [0.4, 0.5) is 15.8 Å². The lowest BCUT2D eigenvalue weighted by Crippen LogP contribution is -2.28. The standard InChI is InChI=1S/C22H25FN2O2S/c1-3-4-5-9-20(26)24-17-8-6-7-16(13-17)22-25(21(27)14-28-22)19-12-15(2)10-11-18(19)23/h6-8,10-13,22H,3-5,9,14H2,1-2H3,(H,24,26)/t22-/m1/s1. The van der Waals surface area contributed by atoms with Crippen LogP contribution >= 0.6 is 11.8 Å². The van der Waals surface area contributed by atoms with E-state index in [1.165, 1.54) is 22.7 Å². The molecule has 3 rings (SSSR count). The highest BCUT2D eigenvalue weighted by Gasteiger charge is 2.35. The van der Waals surface area contributed by atoms with Gasteiger partial charge < -0.3 is 5.32 Å². The van der Waals surface area contributed by atoms with Crippen molar-refractivity contribution in [3.8, 4) is 0 Å². The second-order valence-corrected chi connectivity index (χ2v) is 8.08. The summed E-state index contributed by atoms with van der Waals surface area (Å²) >= 11 is 1.46. The molecule has 6 heteroatoms. The zero-order valence-electron chi connectivity index (χ0n) is 16.2. The number of nitrogens with one attached hydrogen (secondary N) is 1. The van der Waals surface area contributed by atoms with Gasteiger partial charge in [-0.3, -0.25) is 14.5 Å². The number of amides is 2. The van der Waals surface area contributed by atoms with E-state index in [0.717, 1.165) is 30.4 Å². The number of hydrogen-bond acceptors (Lipinski definition) is 3. The Balaban J connectivity index is 1.81. The minimum absolute atomic E-state index is 0.0117. The van der Waals surface area contributed by atoms with E-state index in [2.05, 4.69) is 12.2 Å². The van der Waals surface area contributed by atoms with Gasteiger partial charge in [-0.25, -0.2) is 4.39 Å². The molecule has 0 radical (unpaired) electrons. The van der Waals surface area contributed by atoms with E-state index in [-0.39, 0.29) is 17.2 Å². The van der Waals surface area contributed by atoms with Crippen LogP contribution < -0.4 is 10.2 Å². The quantitative estimate of drug-likeness (QED) is 0.630. The second kappa shape index (κ2) is 9.24. The van der Waals surface area contributed by atoms with E-state index in [0.29, 0.717) is 23.5 Å². The van der Waals surface area contributed by atoms with Crippen molar-refractivity contribution in [1.82, 2.24) is 0 Å². The number of halogens is 1. The maximum atomic E-state index is 14.4. The minimum Gasteiger partial charge on any atom is -0.326 e. The zero-order chi connectivity index (χ0) is 20.1. The summed E-state index contributed by atoms with van der Waals surface area (Å²) in [5.41, 5.74) is 2.76. The fourth-order valence-corrected chi connectivity index (χ4v) is 4.43. The number of benzene rings is 2. The predicted molar refractivity (Wildman–Crippen MR) is 113 cm³/mol. The Labute approximate surface area is 169 Å². The lowest BCUT2D eigenvalue weighted by molar-refractivity contribution is -0.117. The molecule has 1 atom stereocenters. The van der Waals surface area contributed by atoms with Crippen molar-refractivity contribution in [2.24, 2.45) is 0 Å². The number of rotatable bonds is 7. The van der Waals surface area contributed by atoms with E-state index in [1.54, 1.807) is 12.1 Å². The van der Waals surface area contributed by atoms with Gasteiger partial charge in [0.15, 0.2) is 0 Å². The lowest BCUT2D eigenvalue weighted by Gasteiger charge is -2.25. The first-order valence-electron chi connectivity index (χ1n) is 9.59. The molecule has 1 saturated heterocycles. The van der Waals surface area contributed by atoms with Crippen LogP contribution in [0.25, 0.3) is 0 Å². The Bertz CT molecular complexity index is 871. The lowest BCUT2D eigenvalue weighted by atomic mass is 10.1. The van der Waals surface area contributed by atoms with Gasteiger partial charge in [0.05, 0.1) is 11.4 Å². The highest BCUT2D eigenvalue weighted by Crippen LogP contribution is 2.43. The molecular formula is C22H25FN2O2S. The third kappa shape index (κ3) is 4.73. The first kappa shape index (κ1) is 20.4. The molecule has 0 aromatic heterocycles. The van der Waals surface area contributed by atoms with Gasteiger partial charge in [-0.05, 0) is 48.7 Å². The first-order valence-corrected chi connectivity index (χ1v) is 10.6. The topological polar surface area (TPSA) is 49.4 Å². The van der Waals surface area contributed by atoms with Crippen LogP contribution in [0.15, 0.2) is 42.5 Å². The number of anilines is 2. The molecule has 1 N–H and O–H groups in total. The third-order valence-corrected chi connectivity index (χ3v) is 5.90. The normalized spacial score (nSPS) is 16.5. The number of carbonyl (C=O) groups is 2. The Morgan fingerprint density at radius 1 is 1.25 bits per heavy atom. The molecule has 2 amide bonds. The van der Waals surface area contributed by atoms with Crippen LogP contribution in [0.1, 0.15) is 49.1 Å². The monoisotopic (exact) mass is 400 g/mol. The highest BCUT2D eigenvalue weighted by molar-refractivity contribution is 8.00. The molecule has 0 spiro atoms. The van der Waals surface area contributed by atoms with Crippen LogP contribution in [0.2, 0.25) is 0 Å². The van der Waals surface area contributed by atoms with E-state index in [4.69, 9.17) is 0 Å².